The van der Waals surface area contributed by atoms with E-state index in [1.54, 1.807) is 0 Å². The highest BCUT2D eigenvalue weighted by Crippen LogP contribution is 2.44. The average Bonchev–Trinajstić information content (AvgIpc) is 3.17. The molecule has 0 N–H and O–H groups in total. The van der Waals surface area contributed by atoms with Crippen LogP contribution in [0.2, 0.25) is 0 Å². The molecule has 0 nitrogen and oxygen atoms in total. The first-order valence-corrected chi connectivity index (χ1v) is 16.6. The van der Waals surface area contributed by atoms with Crippen molar-refractivity contribution < 1.29 is 0 Å². The molecule has 0 saturated heterocycles. The monoisotopic (exact) mass is 608 g/mol. The van der Waals surface area contributed by atoms with Crippen LogP contribution in [0.3, 0.4) is 0 Å². The molecule has 9 aromatic rings. The summed E-state index contributed by atoms with van der Waals surface area (Å²) in [6.45, 7) is 0. The van der Waals surface area contributed by atoms with E-state index in [1.807, 2.05) is 0 Å². The zero-order valence-corrected chi connectivity index (χ0v) is 26.5. The Morgan fingerprint density at radius 3 is 1.23 bits per heavy atom. The smallest absolute Gasteiger partial charge is 0.00262 e. The van der Waals surface area contributed by atoms with E-state index in [0.29, 0.717) is 0 Å². The van der Waals surface area contributed by atoms with Crippen molar-refractivity contribution in [1.82, 2.24) is 0 Å². The molecule has 0 saturated carbocycles. The molecule has 0 unspecified atom stereocenters. The molecule has 0 aliphatic rings. The normalized spacial score (nSPS) is 11.3. The largest absolute Gasteiger partial charge is 0.0622 e. The average molecular weight is 609 g/mol. The van der Waals surface area contributed by atoms with E-state index < -0.39 is 0 Å². The first kappa shape index (κ1) is 28.0. The van der Waals surface area contributed by atoms with Crippen LogP contribution in [0.15, 0.2) is 194 Å². The Morgan fingerprint density at radius 1 is 0.208 bits per heavy atom. The fraction of sp³-hybridized carbons (Fsp3) is 0. The van der Waals surface area contributed by atoms with Gasteiger partial charge >= 0.3 is 0 Å². The summed E-state index contributed by atoms with van der Waals surface area (Å²) in [6, 6.07) is 70.7. The third-order valence-corrected chi connectivity index (χ3v) is 9.66. The maximum absolute atomic E-state index is 2.36. The summed E-state index contributed by atoms with van der Waals surface area (Å²) in [5.74, 6) is 0. The third-order valence-electron chi connectivity index (χ3n) is 9.66. The summed E-state index contributed by atoms with van der Waals surface area (Å²) in [4.78, 5) is 0. The van der Waals surface area contributed by atoms with Crippen molar-refractivity contribution >= 4 is 32.3 Å². The Hall–Kier alpha value is -6.24. The van der Waals surface area contributed by atoms with Gasteiger partial charge < -0.3 is 0 Å². The molecule has 9 aromatic carbocycles. The number of rotatable bonds is 5. The van der Waals surface area contributed by atoms with Crippen molar-refractivity contribution in [2.45, 2.75) is 0 Å². The van der Waals surface area contributed by atoms with Gasteiger partial charge in [0.25, 0.3) is 0 Å². The topological polar surface area (TPSA) is 0 Å². The Bertz CT molecular complexity index is 2530. The van der Waals surface area contributed by atoms with E-state index in [0.717, 1.165) is 0 Å². The van der Waals surface area contributed by atoms with E-state index in [1.165, 1.54) is 88.0 Å². The van der Waals surface area contributed by atoms with E-state index in [-0.39, 0.29) is 0 Å². The van der Waals surface area contributed by atoms with Crippen LogP contribution >= 0.6 is 0 Å². The van der Waals surface area contributed by atoms with Gasteiger partial charge in [0, 0.05) is 0 Å². The molecule has 0 aliphatic carbocycles. The molecule has 0 amide bonds. The van der Waals surface area contributed by atoms with Gasteiger partial charge in [-0.25, -0.2) is 0 Å². The Balaban J connectivity index is 1.19. The lowest BCUT2D eigenvalue weighted by Crippen LogP contribution is -1.91. The van der Waals surface area contributed by atoms with Crippen molar-refractivity contribution in [3.05, 3.63) is 194 Å². The second-order valence-electron chi connectivity index (χ2n) is 12.5. The second kappa shape index (κ2) is 11.8. The molecule has 48 heavy (non-hydrogen) atoms. The minimum atomic E-state index is 1.21. The lowest BCUT2D eigenvalue weighted by atomic mass is 9.85. The number of fused-ring (bicyclic) bond motifs is 3. The van der Waals surface area contributed by atoms with Gasteiger partial charge in [-0.1, -0.05) is 182 Å². The van der Waals surface area contributed by atoms with Gasteiger partial charge in [0.15, 0.2) is 0 Å². The number of hydrogen-bond acceptors (Lipinski definition) is 0. The first-order valence-electron chi connectivity index (χ1n) is 16.6. The molecular weight excluding hydrogens is 577 g/mol. The molecule has 0 heterocycles. The SMILES string of the molecule is c1ccc(-c2cccc(-c3cccc(-c4c5ccccc5c(-c5ccc(-c6cccc7ccccc67)cc5)c5ccccc45)c3)c2)cc1. The summed E-state index contributed by atoms with van der Waals surface area (Å²) in [5.41, 5.74) is 12.4. The zero-order chi connectivity index (χ0) is 31.9. The van der Waals surface area contributed by atoms with Crippen molar-refractivity contribution in [2.24, 2.45) is 0 Å². The molecule has 0 aromatic heterocycles. The first-order chi connectivity index (χ1) is 23.8. The minimum Gasteiger partial charge on any atom is -0.0622 e. The third kappa shape index (κ3) is 4.87. The van der Waals surface area contributed by atoms with Crippen LogP contribution < -0.4 is 0 Å². The highest BCUT2D eigenvalue weighted by atomic mass is 14.2. The van der Waals surface area contributed by atoms with Crippen LogP contribution in [0.25, 0.3) is 88.0 Å². The maximum Gasteiger partial charge on any atom is -0.00262 e. The summed E-state index contributed by atoms with van der Waals surface area (Å²) >= 11 is 0. The lowest BCUT2D eigenvalue weighted by Gasteiger charge is -2.18. The van der Waals surface area contributed by atoms with Crippen LogP contribution in [0.4, 0.5) is 0 Å². The zero-order valence-electron chi connectivity index (χ0n) is 26.5. The van der Waals surface area contributed by atoms with Gasteiger partial charge in [-0.15, -0.1) is 0 Å². The molecule has 0 atom stereocenters. The van der Waals surface area contributed by atoms with Gasteiger partial charge in [-0.2, -0.15) is 0 Å². The minimum absolute atomic E-state index is 1.21. The van der Waals surface area contributed by atoms with Crippen LogP contribution in [0.1, 0.15) is 0 Å². The summed E-state index contributed by atoms with van der Waals surface area (Å²) in [5, 5.41) is 7.60. The van der Waals surface area contributed by atoms with Crippen LogP contribution in [-0.2, 0) is 0 Å². The van der Waals surface area contributed by atoms with Crippen LogP contribution in [0, 0.1) is 0 Å². The van der Waals surface area contributed by atoms with Crippen molar-refractivity contribution in [3.8, 4) is 55.6 Å². The maximum atomic E-state index is 2.36. The van der Waals surface area contributed by atoms with E-state index in [2.05, 4.69) is 194 Å². The molecular formula is C48H32. The predicted molar refractivity (Wildman–Crippen MR) is 206 cm³/mol. The van der Waals surface area contributed by atoms with Gasteiger partial charge in [-0.05, 0) is 100 Å². The Labute approximate surface area is 281 Å². The fourth-order valence-electron chi connectivity index (χ4n) is 7.41. The lowest BCUT2D eigenvalue weighted by molar-refractivity contribution is 1.58. The molecule has 0 radical (unpaired) electrons. The summed E-state index contributed by atoms with van der Waals surface area (Å²) in [6.07, 6.45) is 0. The quantitative estimate of drug-likeness (QED) is 0.171. The van der Waals surface area contributed by atoms with Gasteiger partial charge in [0.1, 0.15) is 0 Å². The van der Waals surface area contributed by atoms with Gasteiger partial charge in [0.2, 0.25) is 0 Å². The standard InChI is InChI=1S/C48H32/c1-2-13-33(14-3-1)37-17-10-18-38(31-37)39-19-11-20-40(32-39)48-45-24-8-6-22-43(45)47(44-23-7-9-25-46(44)48)36-29-27-35(28-30-36)42-26-12-16-34-15-4-5-21-41(34)42/h1-32H. The van der Waals surface area contributed by atoms with Crippen molar-refractivity contribution in [1.29, 1.82) is 0 Å². The second-order valence-corrected chi connectivity index (χ2v) is 12.5. The molecule has 0 spiro atoms. The highest BCUT2D eigenvalue weighted by Gasteiger charge is 2.17. The van der Waals surface area contributed by atoms with Crippen molar-refractivity contribution in [3.63, 3.8) is 0 Å². The highest BCUT2D eigenvalue weighted by molar-refractivity contribution is 6.21. The van der Waals surface area contributed by atoms with Crippen LogP contribution in [-0.4, -0.2) is 0 Å². The van der Waals surface area contributed by atoms with E-state index in [9.17, 15) is 0 Å². The van der Waals surface area contributed by atoms with E-state index in [4.69, 9.17) is 0 Å². The predicted octanol–water partition coefficient (Wildman–Crippen LogP) is 13.5. The molecule has 0 aliphatic heterocycles. The van der Waals surface area contributed by atoms with Gasteiger partial charge in [0.05, 0.1) is 0 Å². The van der Waals surface area contributed by atoms with Crippen molar-refractivity contribution in [2.75, 3.05) is 0 Å². The molecule has 224 valence electrons. The molecule has 0 bridgehead atoms. The molecule has 0 heteroatoms. The number of benzene rings is 9. The van der Waals surface area contributed by atoms with E-state index >= 15 is 0 Å². The summed E-state index contributed by atoms with van der Waals surface area (Å²) in [7, 11) is 0. The summed E-state index contributed by atoms with van der Waals surface area (Å²) < 4.78 is 0. The molecule has 0 fully saturated rings. The number of hydrogen-bond donors (Lipinski definition) is 0. The Morgan fingerprint density at radius 2 is 0.604 bits per heavy atom. The molecule has 9 rings (SSSR count). The Kier molecular flexibility index (Phi) is 6.91. The van der Waals surface area contributed by atoms with Crippen LogP contribution in [0.5, 0.6) is 0 Å². The van der Waals surface area contributed by atoms with Gasteiger partial charge in [-0.3, -0.25) is 0 Å². The fourth-order valence-corrected chi connectivity index (χ4v) is 7.41.